The highest BCUT2D eigenvalue weighted by atomic mass is 16.4. The normalized spacial score (nSPS) is 18.1. The van der Waals surface area contributed by atoms with Gasteiger partial charge in [-0.1, -0.05) is 66.7 Å². The first kappa shape index (κ1) is 17.3. The fourth-order valence-corrected chi connectivity index (χ4v) is 3.57. The predicted octanol–water partition coefficient (Wildman–Crippen LogP) is 5.08. The largest absolute Gasteiger partial charge is 0.481 e. The number of carboxylic acid groups (broad SMARTS) is 1. The first-order valence-corrected chi connectivity index (χ1v) is 9.37. The van der Waals surface area contributed by atoms with Gasteiger partial charge in [0.15, 0.2) is 0 Å². The van der Waals surface area contributed by atoms with Crippen molar-refractivity contribution in [3.8, 4) is 0 Å². The van der Waals surface area contributed by atoms with Crippen LogP contribution in [0.4, 0.5) is 5.69 Å². The topological polar surface area (TPSA) is 49.3 Å². The van der Waals surface area contributed by atoms with Crippen molar-refractivity contribution in [3.05, 3.63) is 101 Å². The van der Waals surface area contributed by atoms with E-state index in [0.29, 0.717) is 0 Å². The summed E-state index contributed by atoms with van der Waals surface area (Å²) in [6.45, 7) is 0.767. The minimum absolute atomic E-state index is 0.186. The first-order chi connectivity index (χ1) is 13.2. The van der Waals surface area contributed by atoms with Crippen molar-refractivity contribution in [2.45, 2.75) is 25.3 Å². The average Bonchev–Trinajstić information content (AvgIpc) is 3.49. The first-order valence-electron chi connectivity index (χ1n) is 9.37. The lowest BCUT2D eigenvalue weighted by Gasteiger charge is -2.09. The Morgan fingerprint density at radius 3 is 2.30 bits per heavy atom. The summed E-state index contributed by atoms with van der Waals surface area (Å²) in [6, 6.07) is 27.3. The summed E-state index contributed by atoms with van der Waals surface area (Å²) in [7, 11) is 0. The molecule has 1 aliphatic rings. The van der Waals surface area contributed by atoms with Gasteiger partial charge in [0.05, 0.1) is 5.92 Å². The molecule has 0 spiro atoms. The molecule has 136 valence electrons. The van der Waals surface area contributed by atoms with E-state index in [-0.39, 0.29) is 11.8 Å². The lowest BCUT2D eigenvalue weighted by Crippen LogP contribution is -2.01. The molecule has 0 aromatic heterocycles. The third-order valence-electron chi connectivity index (χ3n) is 5.19. The summed E-state index contributed by atoms with van der Waals surface area (Å²) in [6.07, 6.45) is 1.70. The van der Waals surface area contributed by atoms with Crippen LogP contribution in [0, 0.1) is 5.92 Å². The Kier molecular flexibility index (Phi) is 4.93. The van der Waals surface area contributed by atoms with Crippen LogP contribution < -0.4 is 5.32 Å². The minimum Gasteiger partial charge on any atom is -0.481 e. The zero-order valence-corrected chi connectivity index (χ0v) is 15.1. The molecular formula is C24H23NO2. The van der Waals surface area contributed by atoms with Gasteiger partial charge in [-0.2, -0.15) is 0 Å². The maximum absolute atomic E-state index is 11.0. The van der Waals surface area contributed by atoms with Crippen molar-refractivity contribution in [1.29, 1.82) is 0 Å². The van der Waals surface area contributed by atoms with Crippen molar-refractivity contribution in [1.82, 2.24) is 0 Å². The van der Waals surface area contributed by atoms with Crippen LogP contribution in [-0.2, 0) is 17.8 Å². The van der Waals surface area contributed by atoms with Gasteiger partial charge in [0, 0.05) is 12.2 Å². The van der Waals surface area contributed by atoms with Crippen LogP contribution in [0.5, 0.6) is 0 Å². The molecule has 3 heteroatoms. The molecule has 3 aromatic rings. The molecule has 0 unspecified atom stereocenters. The molecule has 0 aliphatic heterocycles. The number of anilines is 1. The van der Waals surface area contributed by atoms with Gasteiger partial charge in [0.2, 0.25) is 0 Å². The summed E-state index contributed by atoms with van der Waals surface area (Å²) in [5.74, 6) is -0.694. The quantitative estimate of drug-likeness (QED) is 0.620. The Labute approximate surface area is 159 Å². The van der Waals surface area contributed by atoms with Gasteiger partial charge in [0.1, 0.15) is 0 Å². The molecule has 0 saturated heterocycles. The average molecular weight is 357 g/mol. The van der Waals surface area contributed by atoms with Gasteiger partial charge < -0.3 is 10.4 Å². The Balaban J connectivity index is 1.35. The van der Waals surface area contributed by atoms with E-state index in [4.69, 9.17) is 5.11 Å². The van der Waals surface area contributed by atoms with Crippen molar-refractivity contribution < 1.29 is 9.90 Å². The summed E-state index contributed by atoms with van der Waals surface area (Å²) in [4.78, 5) is 11.0. The molecular weight excluding hydrogens is 334 g/mol. The summed E-state index contributed by atoms with van der Waals surface area (Å²) < 4.78 is 0. The molecule has 0 radical (unpaired) electrons. The lowest BCUT2D eigenvalue weighted by molar-refractivity contribution is -0.138. The molecule has 3 nitrogen and oxygen atoms in total. The van der Waals surface area contributed by atoms with E-state index in [0.717, 1.165) is 30.6 Å². The number of hydrogen-bond donors (Lipinski definition) is 2. The molecule has 1 fully saturated rings. The van der Waals surface area contributed by atoms with Crippen molar-refractivity contribution in [2.75, 3.05) is 5.32 Å². The number of rotatable bonds is 7. The molecule has 27 heavy (non-hydrogen) atoms. The Morgan fingerprint density at radius 1 is 0.889 bits per heavy atom. The predicted molar refractivity (Wildman–Crippen MR) is 108 cm³/mol. The third-order valence-corrected chi connectivity index (χ3v) is 5.19. The monoisotopic (exact) mass is 357 g/mol. The summed E-state index contributed by atoms with van der Waals surface area (Å²) in [5, 5.41) is 12.5. The van der Waals surface area contributed by atoms with E-state index in [1.54, 1.807) is 0 Å². The van der Waals surface area contributed by atoms with Crippen molar-refractivity contribution in [3.63, 3.8) is 0 Å². The van der Waals surface area contributed by atoms with E-state index in [1.807, 2.05) is 30.3 Å². The molecule has 0 amide bonds. The number of carbonyl (C=O) groups is 1. The second-order valence-corrected chi connectivity index (χ2v) is 7.24. The maximum atomic E-state index is 11.0. The molecule has 3 aromatic carbocycles. The number of carboxylic acids is 1. The van der Waals surface area contributed by atoms with E-state index in [9.17, 15) is 4.79 Å². The third kappa shape index (κ3) is 4.37. The fraction of sp³-hybridized carbons (Fsp3) is 0.208. The molecule has 2 atom stereocenters. The molecule has 0 heterocycles. The van der Waals surface area contributed by atoms with Gasteiger partial charge >= 0.3 is 5.97 Å². The SMILES string of the molecule is O=C(O)[C@@H]1C[C@H]1c1ccc(NCc2cccc(Cc3ccccc3)c2)cc1. The van der Waals surface area contributed by atoms with Crippen LogP contribution in [0.2, 0.25) is 0 Å². The smallest absolute Gasteiger partial charge is 0.307 e. The van der Waals surface area contributed by atoms with Crippen LogP contribution in [0.3, 0.4) is 0 Å². The number of hydrogen-bond acceptors (Lipinski definition) is 2. The van der Waals surface area contributed by atoms with Gasteiger partial charge in [-0.05, 0) is 53.1 Å². The zero-order valence-electron chi connectivity index (χ0n) is 15.1. The number of nitrogens with one attached hydrogen (secondary N) is 1. The lowest BCUT2D eigenvalue weighted by atomic mass is 10.0. The molecule has 4 rings (SSSR count). The molecule has 2 N–H and O–H groups in total. The standard InChI is InChI=1S/C24H23NO2/c26-24(27)23-15-22(23)20-9-11-21(12-10-20)25-16-19-8-4-7-18(14-19)13-17-5-2-1-3-6-17/h1-12,14,22-23,25H,13,15-16H2,(H,26,27)/t22-,23+/m0/s1. The number of aliphatic carboxylic acids is 1. The van der Waals surface area contributed by atoms with E-state index in [1.165, 1.54) is 16.7 Å². The summed E-state index contributed by atoms with van der Waals surface area (Å²) >= 11 is 0. The van der Waals surface area contributed by atoms with Crippen molar-refractivity contribution in [2.24, 2.45) is 5.92 Å². The molecule has 0 bridgehead atoms. The number of benzene rings is 3. The van der Waals surface area contributed by atoms with Crippen LogP contribution in [0.25, 0.3) is 0 Å². The van der Waals surface area contributed by atoms with Gasteiger partial charge in [-0.25, -0.2) is 0 Å². The van der Waals surface area contributed by atoms with Crippen molar-refractivity contribution >= 4 is 11.7 Å². The van der Waals surface area contributed by atoms with Crippen LogP contribution in [-0.4, -0.2) is 11.1 Å². The highest BCUT2D eigenvalue weighted by Gasteiger charge is 2.43. The minimum atomic E-state index is -0.683. The highest BCUT2D eigenvalue weighted by Crippen LogP contribution is 2.47. The second kappa shape index (κ2) is 7.67. The Hall–Kier alpha value is -3.07. The van der Waals surface area contributed by atoms with Gasteiger partial charge in [-0.3, -0.25) is 4.79 Å². The van der Waals surface area contributed by atoms with Gasteiger partial charge in [-0.15, -0.1) is 0 Å². The fourth-order valence-electron chi connectivity index (χ4n) is 3.57. The Bertz CT molecular complexity index is 919. The summed E-state index contributed by atoms with van der Waals surface area (Å²) in [5.41, 5.74) is 6.06. The second-order valence-electron chi connectivity index (χ2n) is 7.24. The van der Waals surface area contributed by atoms with Crippen LogP contribution in [0.15, 0.2) is 78.9 Å². The van der Waals surface area contributed by atoms with E-state index in [2.05, 4.69) is 53.8 Å². The Morgan fingerprint density at radius 2 is 1.59 bits per heavy atom. The maximum Gasteiger partial charge on any atom is 0.307 e. The van der Waals surface area contributed by atoms with Gasteiger partial charge in [0.25, 0.3) is 0 Å². The zero-order chi connectivity index (χ0) is 18.6. The van der Waals surface area contributed by atoms with Crippen LogP contribution in [0.1, 0.15) is 34.6 Å². The van der Waals surface area contributed by atoms with Crippen LogP contribution >= 0.6 is 0 Å². The van der Waals surface area contributed by atoms with E-state index < -0.39 is 5.97 Å². The molecule has 1 aliphatic carbocycles. The van der Waals surface area contributed by atoms with E-state index >= 15 is 0 Å². The molecule has 1 saturated carbocycles. The highest BCUT2D eigenvalue weighted by molar-refractivity contribution is 5.75.